The highest BCUT2D eigenvalue weighted by Gasteiger charge is 2.38. The molecule has 1 aliphatic heterocycles. The van der Waals surface area contributed by atoms with Gasteiger partial charge in [0.1, 0.15) is 0 Å². The topological polar surface area (TPSA) is 49.6 Å². The van der Waals surface area contributed by atoms with Crippen LogP contribution in [0.1, 0.15) is 13.8 Å². The summed E-state index contributed by atoms with van der Waals surface area (Å²) in [5.41, 5.74) is 5.62. The van der Waals surface area contributed by atoms with Crippen molar-refractivity contribution in [1.29, 1.82) is 0 Å². The maximum absolute atomic E-state index is 11.4. The lowest BCUT2D eigenvalue weighted by atomic mass is 9.94. The van der Waals surface area contributed by atoms with Crippen LogP contribution in [0.25, 0.3) is 0 Å². The molecule has 0 unspecified atom stereocenters. The molecule has 0 aromatic rings. The average Bonchev–Trinajstić information content (AvgIpc) is 1.97. The summed E-state index contributed by atoms with van der Waals surface area (Å²) in [5, 5.41) is 0. The number of carbonyl (C=O) groups is 1. The van der Waals surface area contributed by atoms with E-state index >= 15 is 0 Å². The molecule has 1 fully saturated rings. The molecule has 4 heteroatoms. The van der Waals surface area contributed by atoms with E-state index in [1.54, 1.807) is 16.8 Å². The Morgan fingerprint density at radius 3 is 2.50 bits per heavy atom. The van der Waals surface area contributed by atoms with Crippen LogP contribution in [0, 0.1) is 0 Å². The van der Waals surface area contributed by atoms with Gasteiger partial charge in [-0.1, -0.05) is 0 Å². The quantitative estimate of drug-likeness (QED) is 0.608. The third-order valence-electron chi connectivity index (χ3n) is 2.18. The van der Waals surface area contributed by atoms with Crippen molar-refractivity contribution in [2.45, 2.75) is 19.4 Å². The van der Waals surface area contributed by atoms with Gasteiger partial charge >= 0.3 is 6.03 Å². The summed E-state index contributed by atoms with van der Waals surface area (Å²) in [7, 11) is 1.80. The molecule has 0 atom stereocenters. The molecule has 0 aromatic heterocycles. The number of urea groups is 1. The summed E-state index contributed by atoms with van der Waals surface area (Å²) >= 11 is 0. The van der Waals surface area contributed by atoms with E-state index in [1.807, 2.05) is 13.8 Å². The number of nitrogens with zero attached hydrogens (tertiary/aromatic N) is 2. The molecule has 0 aromatic carbocycles. The Labute approximate surface area is 73.3 Å². The van der Waals surface area contributed by atoms with E-state index in [-0.39, 0.29) is 11.6 Å². The van der Waals surface area contributed by atoms with Crippen molar-refractivity contribution in [2.24, 2.45) is 5.73 Å². The lowest BCUT2D eigenvalue weighted by Crippen LogP contribution is -2.68. The van der Waals surface area contributed by atoms with Gasteiger partial charge in [-0.05, 0) is 13.8 Å². The second-order valence-electron chi connectivity index (χ2n) is 3.81. The minimum absolute atomic E-state index is 0.0837. The zero-order valence-corrected chi connectivity index (χ0v) is 8.00. The van der Waals surface area contributed by atoms with Gasteiger partial charge in [-0.2, -0.15) is 0 Å². The Morgan fingerprint density at radius 1 is 1.67 bits per heavy atom. The Hall–Kier alpha value is -0.770. The van der Waals surface area contributed by atoms with Crippen LogP contribution in [-0.4, -0.2) is 48.1 Å². The third-order valence-corrected chi connectivity index (χ3v) is 2.18. The number of hydrogen-bond donors (Lipinski definition) is 1. The number of rotatable bonds is 1. The first-order valence-corrected chi connectivity index (χ1v) is 4.25. The lowest BCUT2D eigenvalue weighted by Gasteiger charge is -2.46. The van der Waals surface area contributed by atoms with Crippen LogP contribution in [0.15, 0.2) is 0 Å². The predicted molar refractivity (Wildman–Crippen MR) is 47.9 cm³/mol. The highest BCUT2D eigenvalue weighted by atomic mass is 16.2. The van der Waals surface area contributed by atoms with E-state index < -0.39 is 0 Å². The van der Waals surface area contributed by atoms with Gasteiger partial charge in [0.15, 0.2) is 0 Å². The van der Waals surface area contributed by atoms with Crippen LogP contribution in [0.4, 0.5) is 4.79 Å². The van der Waals surface area contributed by atoms with Gasteiger partial charge < -0.3 is 15.5 Å². The molecule has 12 heavy (non-hydrogen) atoms. The van der Waals surface area contributed by atoms with E-state index in [0.29, 0.717) is 13.1 Å². The van der Waals surface area contributed by atoms with E-state index in [1.165, 1.54) is 0 Å². The molecule has 4 nitrogen and oxygen atoms in total. The van der Waals surface area contributed by atoms with Crippen molar-refractivity contribution in [3.63, 3.8) is 0 Å². The lowest BCUT2D eigenvalue weighted by molar-refractivity contribution is 0.0866. The minimum Gasteiger partial charge on any atom is -0.328 e. The van der Waals surface area contributed by atoms with E-state index in [0.717, 1.165) is 6.54 Å². The fraction of sp³-hybridized carbons (Fsp3) is 0.875. The molecule has 1 aliphatic rings. The van der Waals surface area contributed by atoms with Crippen LogP contribution in [-0.2, 0) is 0 Å². The van der Waals surface area contributed by atoms with Crippen LogP contribution in [0.2, 0.25) is 0 Å². The van der Waals surface area contributed by atoms with E-state index in [4.69, 9.17) is 5.73 Å². The molecular weight excluding hydrogens is 154 g/mol. The van der Waals surface area contributed by atoms with Gasteiger partial charge in [-0.25, -0.2) is 4.79 Å². The van der Waals surface area contributed by atoms with Crippen molar-refractivity contribution in [1.82, 2.24) is 9.80 Å². The second kappa shape index (κ2) is 2.94. The van der Waals surface area contributed by atoms with Crippen molar-refractivity contribution in [3.05, 3.63) is 0 Å². The van der Waals surface area contributed by atoms with Crippen LogP contribution >= 0.6 is 0 Å². The van der Waals surface area contributed by atoms with Crippen LogP contribution in [0.5, 0.6) is 0 Å². The number of nitrogens with two attached hydrogens (primary N) is 1. The summed E-state index contributed by atoms with van der Waals surface area (Å²) in [6.07, 6.45) is 0. The molecule has 2 N–H and O–H groups in total. The zero-order valence-electron chi connectivity index (χ0n) is 8.00. The largest absolute Gasteiger partial charge is 0.328 e. The fourth-order valence-electron chi connectivity index (χ4n) is 1.34. The molecular formula is C8H17N3O. The monoisotopic (exact) mass is 171 g/mol. The van der Waals surface area contributed by atoms with Crippen LogP contribution < -0.4 is 5.73 Å². The molecule has 0 aliphatic carbocycles. The molecule has 1 heterocycles. The average molecular weight is 171 g/mol. The van der Waals surface area contributed by atoms with Crippen molar-refractivity contribution in [3.8, 4) is 0 Å². The van der Waals surface area contributed by atoms with Gasteiger partial charge in [-0.3, -0.25) is 0 Å². The SMILES string of the molecule is CCN(C)C(=O)N1CC(C)(N)C1. The van der Waals surface area contributed by atoms with Gasteiger partial charge in [0.2, 0.25) is 0 Å². The number of carbonyl (C=O) groups excluding carboxylic acids is 1. The molecule has 1 rings (SSSR count). The molecule has 0 spiro atoms. The van der Waals surface area contributed by atoms with Gasteiger partial charge in [-0.15, -0.1) is 0 Å². The molecule has 0 saturated carbocycles. The second-order valence-corrected chi connectivity index (χ2v) is 3.81. The van der Waals surface area contributed by atoms with Crippen molar-refractivity contribution >= 4 is 6.03 Å². The van der Waals surface area contributed by atoms with Gasteiger partial charge in [0, 0.05) is 32.2 Å². The van der Waals surface area contributed by atoms with Gasteiger partial charge in [0.25, 0.3) is 0 Å². The first-order valence-electron chi connectivity index (χ1n) is 4.25. The Balaban J connectivity index is 2.38. The normalized spacial score (nSPS) is 20.2. The number of hydrogen-bond acceptors (Lipinski definition) is 2. The molecule has 0 bridgehead atoms. The third kappa shape index (κ3) is 1.69. The summed E-state index contributed by atoms with van der Waals surface area (Å²) in [6, 6.07) is 0.0837. The first-order chi connectivity index (χ1) is 5.46. The molecule has 0 radical (unpaired) electrons. The maximum Gasteiger partial charge on any atom is 0.319 e. The molecule has 2 amide bonds. The summed E-state index contributed by atoms with van der Waals surface area (Å²) in [4.78, 5) is 14.9. The molecule has 70 valence electrons. The molecule has 1 saturated heterocycles. The smallest absolute Gasteiger partial charge is 0.319 e. The van der Waals surface area contributed by atoms with Crippen molar-refractivity contribution in [2.75, 3.05) is 26.7 Å². The number of likely N-dealkylation sites (tertiary alicyclic amines) is 1. The highest BCUT2D eigenvalue weighted by Crippen LogP contribution is 2.18. The Kier molecular flexibility index (Phi) is 2.28. The summed E-state index contributed by atoms with van der Waals surface area (Å²) in [6.45, 7) is 6.02. The Morgan fingerprint density at radius 2 is 2.17 bits per heavy atom. The minimum atomic E-state index is -0.162. The first kappa shape index (κ1) is 9.32. The number of amides is 2. The van der Waals surface area contributed by atoms with Crippen LogP contribution in [0.3, 0.4) is 0 Å². The summed E-state index contributed by atoms with van der Waals surface area (Å²) in [5.74, 6) is 0. The fourth-order valence-corrected chi connectivity index (χ4v) is 1.34. The van der Waals surface area contributed by atoms with E-state index in [9.17, 15) is 4.79 Å². The highest BCUT2D eigenvalue weighted by molar-refractivity contribution is 5.75. The zero-order chi connectivity index (χ0) is 9.35. The maximum atomic E-state index is 11.4. The standard InChI is InChI=1S/C8H17N3O/c1-4-10(3)7(12)11-5-8(2,9)6-11/h4-6,9H2,1-3H3. The van der Waals surface area contributed by atoms with Gasteiger partial charge in [0.05, 0.1) is 0 Å². The van der Waals surface area contributed by atoms with E-state index in [2.05, 4.69) is 0 Å². The summed E-state index contributed by atoms with van der Waals surface area (Å²) < 4.78 is 0. The Bertz CT molecular complexity index is 183. The van der Waals surface area contributed by atoms with Crippen molar-refractivity contribution < 1.29 is 4.79 Å². The predicted octanol–water partition coefficient (Wildman–Crippen LogP) is 0.0911.